The molecule has 1 aliphatic rings. The van der Waals surface area contributed by atoms with Crippen molar-refractivity contribution in [2.24, 2.45) is 0 Å². The molecule has 2 heterocycles. The molecule has 1 saturated heterocycles. The first-order valence-corrected chi connectivity index (χ1v) is 7.36. The first-order valence-electron chi connectivity index (χ1n) is 6.83. The largest absolute Gasteiger partial charge is 0.370 e. The molecule has 3 nitrogen and oxygen atoms in total. The number of hydrogen-bond donors (Lipinski definition) is 0. The highest BCUT2D eigenvalue weighted by molar-refractivity contribution is 6.18. The van der Waals surface area contributed by atoms with Crippen LogP contribution >= 0.6 is 11.6 Å². The van der Waals surface area contributed by atoms with Gasteiger partial charge in [0.2, 0.25) is 0 Å². The Hall–Kier alpha value is -0.800. The summed E-state index contributed by atoms with van der Waals surface area (Å²) in [6.45, 7) is 10.4. The minimum Gasteiger partial charge on any atom is -0.370 e. The summed E-state index contributed by atoms with van der Waals surface area (Å²) >= 11 is 5.91. The van der Waals surface area contributed by atoms with Crippen LogP contribution in [0.3, 0.4) is 0 Å². The number of alkyl halides is 1. The Labute approximate surface area is 120 Å². The third kappa shape index (κ3) is 3.61. The van der Waals surface area contributed by atoms with Crippen molar-refractivity contribution in [1.82, 2.24) is 4.98 Å². The molecular formula is C15H23ClN2O. The van der Waals surface area contributed by atoms with E-state index in [2.05, 4.69) is 49.7 Å². The van der Waals surface area contributed by atoms with Crippen LogP contribution in [-0.4, -0.2) is 36.2 Å². The van der Waals surface area contributed by atoms with Gasteiger partial charge in [-0.1, -0.05) is 26.8 Å². The Bertz CT molecular complexity index is 413. The average molecular weight is 283 g/mol. The molecule has 0 amide bonds. The third-order valence-electron chi connectivity index (χ3n) is 3.44. The van der Waals surface area contributed by atoms with E-state index in [-0.39, 0.29) is 17.6 Å². The van der Waals surface area contributed by atoms with Crippen molar-refractivity contribution in [2.75, 3.05) is 23.9 Å². The molecule has 2 unspecified atom stereocenters. The van der Waals surface area contributed by atoms with Crippen molar-refractivity contribution < 1.29 is 4.74 Å². The number of pyridine rings is 1. The van der Waals surface area contributed by atoms with Gasteiger partial charge in [0.05, 0.1) is 18.1 Å². The van der Waals surface area contributed by atoms with Gasteiger partial charge in [-0.3, -0.25) is 0 Å². The Morgan fingerprint density at radius 2 is 2.11 bits per heavy atom. The van der Waals surface area contributed by atoms with Crippen LogP contribution in [0.5, 0.6) is 0 Å². The van der Waals surface area contributed by atoms with E-state index in [1.165, 1.54) is 5.56 Å². The molecule has 0 bridgehead atoms. The van der Waals surface area contributed by atoms with Gasteiger partial charge in [-0.15, -0.1) is 11.6 Å². The van der Waals surface area contributed by atoms with Crippen LogP contribution in [0.1, 0.15) is 33.3 Å². The van der Waals surface area contributed by atoms with E-state index < -0.39 is 0 Å². The molecule has 1 aliphatic heterocycles. The van der Waals surface area contributed by atoms with Gasteiger partial charge in [0.15, 0.2) is 0 Å². The van der Waals surface area contributed by atoms with E-state index in [4.69, 9.17) is 16.3 Å². The number of hydrogen-bond acceptors (Lipinski definition) is 3. The zero-order chi connectivity index (χ0) is 14.0. The van der Waals surface area contributed by atoms with Gasteiger partial charge >= 0.3 is 0 Å². The normalized spacial score (nSPS) is 24.6. The fourth-order valence-corrected chi connectivity index (χ4v) is 2.50. The average Bonchev–Trinajstić information content (AvgIpc) is 2.37. The van der Waals surface area contributed by atoms with Gasteiger partial charge in [-0.05, 0) is 24.0 Å². The maximum Gasteiger partial charge on any atom is 0.128 e. The number of morpholine rings is 1. The minimum absolute atomic E-state index is 0.0921. The highest BCUT2D eigenvalue weighted by Crippen LogP contribution is 2.24. The van der Waals surface area contributed by atoms with Crippen LogP contribution in [0.4, 0.5) is 5.82 Å². The molecule has 0 saturated carbocycles. The van der Waals surface area contributed by atoms with Crippen LogP contribution in [0.2, 0.25) is 0 Å². The summed E-state index contributed by atoms with van der Waals surface area (Å²) in [7, 11) is 0. The Kier molecular flexibility index (Phi) is 4.36. The molecule has 0 aromatic carbocycles. The highest BCUT2D eigenvalue weighted by atomic mass is 35.5. The molecule has 4 heteroatoms. The highest BCUT2D eigenvalue weighted by Gasteiger charge is 2.25. The second-order valence-electron chi connectivity index (χ2n) is 6.28. The van der Waals surface area contributed by atoms with Crippen LogP contribution in [0.25, 0.3) is 0 Å². The van der Waals surface area contributed by atoms with Crippen LogP contribution < -0.4 is 4.90 Å². The first-order chi connectivity index (χ1) is 8.90. The van der Waals surface area contributed by atoms with Crippen molar-refractivity contribution in [3.63, 3.8) is 0 Å². The number of halogens is 1. The zero-order valence-corrected chi connectivity index (χ0v) is 12.9. The lowest BCUT2D eigenvalue weighted by Crippen LogP contribution is -2.47. The smallest absolute Gasteiger partial charge is 0.128 e. The van der Waals surface area contributed by atoms with E-state index in [0.29, 0.717) is 5.88 Å². The Balaban J connectivity index is 2.13. The van der Waals surface area contributed by atoms with E-state index in [1.54, 1.807) is 0 Å². The second-order valence-corrected chi connectivity index (χ2v) is 6.59. The van der Waals surface area contributed by atoms with Crippen molar-refractivity contribution in [1.29, 1.82) is 0 Å². The van der Waals surface area contributed by atoms with Gasteiger partial charge in [0, 0.05) is 19.3 Å². The standard InChI is InChI=1S/C15H23ClN2O/c1-11-9-18(10-13(7-16)19-11)14-6-5-12(8-17-14)15(2,3)4/h5-6,8,11,13H,7,9-10H2,1-4H3. The number of nitrogens with zero attached hydrogens (tertiary/aromatic N) is 2. The van der Waals surface area contributed by atoms with Crippen molar-refractivity contribution in [3.8, 4) is 0 Å². The van der Waals surface area contributed by atoms with Crippen LogP contribution in [0, 0.1) is 0 Å². The summed E-state index contributed by atoms with van der Waals surface area (Å²) in [5.74, 6) is 1.54. The molecule has 0 N–H and O–H groups in total. The van der Waals surface area contributed by atoms with E-state index in [0.717, 1.165) is 18.9 Å². The van der Waals surface area contributed by atoms with Crippen LogP contribution in [0.15, 0.2) is 18.3 Å². The quantitative estimate of drug-likeness (QED) is 0.779. The third-order valence-corrected chi connectivity index (χ3v) is 3.78. The monoisotopic (exact) mass is 282 g/mol. The van der Waals surface area contributed by atoms with Gasteiger partial charge in [0.1, 0.15) is 5.82 Å². The molecule has 0 radical (unpaired) electrons. The summed E-state index contributed by atoms with van der Waals surface area (Å²) in [6.07, 6.45) is 2.27. The van der Waals surface area contributed by atoms with E-state index in [9.17, 15) is 0 Å². The first kappa shape index (κ1) is 14.6. The topological polar surface area (TPSA) is 25.4 Å². The Morgan fingerprint density at radius 3 is 2.63 bits per heavy atom. The lowest BCUT2D eigenvalue weighted by atomic mass is 9.88. The summed E-state index contributed by atoms with van der Waals surface area (Å²) in [4.78, 5) is 6.86. The summed E-state index contributed by atoms with van der Waals surface area (Å²) in [6, 6.07) is 4.27. The molecule has 2 atom stereocenters. The fourth-order valence-electron chi connectivity index (χ4n) is 2.33. The lowest BCUT2D eigenvalue weighted by molar-refractivity contribution is -0.00357. The number of ether oxygens (including phenoxy) is 1. The van der Waals surface area contributed by atoms with Crippen molar-refractivity contribution >= 4 is 17.4 Å². The SMILES string of the molecule is CC1CN(c2ccc(C(C)(C)C)cn2)CC(CCl)O1. The van der Waals surface area contributed by atoms with Crippen molar-refractivity contribution in [3.05, 3.63) is 23.9 Å². The van der Waals surface area contributed by atoms with Gasteiger partial charge < -0.3 is 9.64 Å². The predicted molar refractivity (Wildman–Crippen MR) is 80.2 cm³/mol. The molecule has 0 aliphatic carbocycles. The molecule has 0 spiro atoms. The van der Waals surface area contributed by atoms with E-state index in [1.807, 2.05) is 6.20 Å². The Morgan fingerprint density at radius 1 is 1.37 bits per heavy atom. The maximum atomic E-state index is 5.91. The molecular weight excluding hydrogens is 260 g/mol. The number of aromatic nitrogens is 1. The molecule has 2 rings (SSSR count). The molecule has 1 aromatic heterocycles. The minimum atomic E-state index is 0.0921. The van der Waals surface area contributed by atoms with Crippen LogP contribution in [-0.2, 0) is 10.2 Å². The zero-order valence-electron chi connectivity index (χ0n) is 12.2. The summed E-state index contributed by atoms with van der Waals surface area (Å²) in [5.41, 5.74) is 1.40. The van der Waals surface area contributed by atoms with Gasteiger partial charge in [-0.25, -0.2) is 4.98 Å². The number of rotatable bonds is 2. The summed E-state index contributed by atoms with van der Waals surface area (Å²) < 4.78 is 5.76. The lowest BCUT2D eigenvalue weighted by Gasteiger charge is -2.37. The maximum absolute atomic E-state index is 5.91. The second kappa shape index (κ2) is 5.68. The molecule has 1 aromatic rings. The summed E-state index contributed by atoms with van der Waals surface area (Å²) in [5, 5.41) is 0. The number of anilines is 1. The van der Waals surface area contributed by atoms with Crippen molar-refractivity contribution in [2.45, 2.75) is 45.3 Å². The molecule has 19 heavy (non-hydrogen) atoms. The van der Waals surface area contributed by atoms with Gasteiger partial charge in [-0.2, -0.15) is 0 Å². The van der Waals surface area contributed by atoms with Gasteiger partial charge in [0.25, 0.3) is 0 Å². The van der Waals surface area contributed by atoms with E-state index >= 15 is 0 Å². The molecule has 106 valence electrons. The fraction of sp³-hybridized carbons (Fsp3) is 0.667. The predicted octanol–water partition coefficient (Wildman–Crippen LogP) is 3.21. The molecule has 1 fully saturated rings.